The van der Waals surface area contributed by atoms with Gasteiger partial charge in [0.05, 0.1) is 13.7 Å². The lowest BCUT2D eigenvalue weighted by atomic mass is 10.2. The fourth-order valence-corrected chi connectivity index (χ4v) is 2.59. The highest BCUT2D eigenvalue weighted by molar-refractivity contribution is 5.97. The van der Waals surface area contributed by atoms with Crippen molar-refractivity contribution in [3.63, 3.8) is 0 Å². The maximum atomic E-state index is 11.7. The van der Waals surface area contributed by atoms with Gasteiger partial charge >= 0.3 is 0 Å². The van der Waals surface area contributed by atoms with E-state index in [1.165, 1.54) is 0 Å². The second-order valence-corrected chi connectivity index (χ2v) is 4.85. The zero-order valence-corrected chi connectivity index (χ0v) is 11.7. The monoisotopic (exact) mass is 280 g/mol. The van der Waals surface area contributed by atoms with Gasteiger partial charge in [0.2, 0.25) is 0 Å². The van der Waals surface area contributed by atoms with Gasteiger partial charge in [0, 0.05) is 16.5 Å². The molecule has 1 amide bonds. The van der Waals surface area contributed by atoms with Crippen LogP contribution in [0.3, 0.4) is 0 Å². The Balaban J connectivity index is 2.15. The Morgan fingerprint density at radius 2 is 1.86 bits per heavy atom. The molecule has 0 bridgehead atoms. The van der Waals surface area contributed by atoms with Crippen LogP contribution in [0.1, 0.15) is 16.1 Å². The molecule has 0 saturated heterocycles. The average Bonchev–Trinajstić information content (AvgIpc) is 2.87. The molecular weight excluding hydrogens is 264 g/mol. The number of ether oxygens (including phenoxy) is 1. The first-order valence-electron chi connectivity index (χ1n) is 6.70. The number of carbonyl (C=O) groups excluding carboxylic acids is 1. The molecule has 0 fully saturated rings. The number of fused-ring (bicyclic) bond motifs is 1. The first-order valence-corrected chi connectivity index (χ1v) is 6.70. The van der Waals surface area contributed by atoms with Gasteiger partial charge in [0.25, 0.3) is 5.91 Å². The summed E-state index contributed by atoms with van der Waals surface area (Å²) in [5, 5.41) is 1.00. The van der Waals surface area contributed by atoms with Crippen LogP contribution in [-0.4, -0.2) is 17.6 Å². The highest BCUT2D eigenvalue weighted by Gasteiger charge is 2.14. The Morgan fingerprint density at radius 3 is 2.62 bits per heavy atom. The van der Waals surface area contributed by atoms with Gasteiger partial charge in [-0.15, -0.1) is 0 Å². The highest BCUT2D eigenvalue weighted by Crippen LogP contribution is 2.24. The summed E-state index contributed by atoms with van der Waals surface area (Å²) >= 11 is 0. The summed E-state index contributed by atoms with van der Waals surface area (Å²) in [5.41, 5.74) is 8.00. The van der Waals surface area contributed by atoms with Crippen molar-refractivity contribution >= 4 is 16.8 Å². The van der Waals surface area contributed by atoms with E-state index >= 15 is 0 Å². The van der Waals surface area contributed by atoms with E-state index in [4.69, 9.17) is 10.5 Å². The maximum absolute atomic E-state index is 11.7. The smallest absolute Gasteiger partial charge is 0.265 e. The zero-order valence-electron chi connectivity index (χ0n) is 11.7. The summed E-state index contributed by atoms with van der Waals surface area (Å²) < 4.78 is 7.30. The van der Waals surface area contributed by atoms with Gasteiger partial charge in [-0.2, -0.15) is 0 Å². The Hall–Kier alpha value is -2.75. The van der Waals surface area contributed by atoms with Gasteiger partial charge in [0.15, 0.2) is 0 Å². The molecule has 2 N–H and O–H groups in total. The van der Waals surface area contributed by atoms with Gasteiger partial charge in [-0.3, -0.25) is 4.79 Å². The number of methoxy groups -OCH3 is 1. The lowest BCUT2D eigenvalue weighted by molar-refractivity contribution is 0.0992. The van der Waals surface area contributed by atoms with Gasteiger partial charge < -0.3 is 15.0 Å². The van der Waals surface area contributed by atoms with Crippen LogP contribution < -0.4 is 10.5 Å². The van der Waals surface area contributed by atoms with Crippen LogP contribution in [0.5, 0.6) is 5.75 Å². The van der Waals surface area contributed by atoms with Gasteiger partial charge in [-0.05, 0) is 18.2 Å². The predicted octanol–water partition coefficient (Wildman–Crippen LogP) is 2.80. The average molecular weight is 280 g/mol. The third kappa shape index (κ3) is 2.36. The summed E-state index contributed by atoms with van der Waals surface area (Å²) in [6, 6.07) is 17.4. The van der Waals surface area contributed by atoms with Crippen LogP contribution in [0.25, 0.3) is 10.9 Å². The Kier molecular flexibility index (Phi) is 3.36. The Labute approximate surface area is 122 Å². The number of aromatic nitrogens is 1. The van der Waals surface area contributed by atoms with Crippen molar-refractivity contribution < 1.29 is 9.53 Å². The number of hydrogen-bond donors (Lipinski definition) is 1. The van der Waals surface area contributed by atoms with Crippen LogP contribution in [0.15, 0.2) is 54.6 Å². The van der Waals surface area contributed by atoms with Crippen LogP contribution >= 0.6 is 0 Å². The standard InChI is InChI=1S/C17H16N2O2/c1-21-16-9-5-3-7-13(16)11-19-14-8-4-2-6-12(14)10-15(19)17(18)20/h2-10H,11H2,1H3,(H2,18,20). The number of rotatable bonds is 4. The van der Waals surface area contributed by atoms with E-state index in [2.05, 4.69) is 0 Å². The molecule has 1 aromatic heterocycles. The quantitative estimate of drug-likeness (QED) is 0.799. The molecule has 21 heavy (non-hydrogen) atoms. The molecule has 0 aliphatic heterocycles. The van der Waals surface area contributed by atoms with Crippen molar-refractivity contribution in [3.8, 4) is 5.75 Å². The largest absolute Gasteiger partial charge is 0.496 e. The van der Waals surface area contributed by atoms with Crippen molar-refractivity contribution in [2.24, 2.45) is 5.73 Å². The van der Waals surface area contributed by atoms with E-state index in [9.17, 15) is 4.79 Å². The maximum Gasteiger partial charge on any atom is 0.265 e. The van der Waals surface area contributed by atoms with Crippen molar-refractivity contribution in [1.82, 2.24) is 4.57 Å². The number of para-hydroxylation sites is 2. The molecule has 0 aliphatic carbocycles. The molecule has 2 aromatic carbocycles. The van der Waals surface area contributed by atoms with E-state index in [0.29, 0.717) is 12.2 Å². The molecule has 0 atom stereocenters. The summed E-state index contributed by atoms with van der Waals surface area (Å²) in [6.45, 7) is 0.538. The fraction of sp³-hybridized carbons (Fsp3) is 0.118. The summed E-state index contributed by atoms with van der Waals surface area (Å²) in [5.74, 6) is 0.367. The lowest BCUT2D eigenvalue weighted by Crippen LogP contribution is -2.17. The van der Waals surface area contributed by atoms with Crippen LogP contribution in [0.2, 0.25) is 0 Å². The number of benzene rings is 2. The molecule has 106 valence electrons. The first-order chi connectivity index (χ1) is 10.2. The van der Waals surface area contributed by atoms with E-state index in [1.807, 2.05) is 59.2 Å². The minimum Gasteiger partial charge on any atom is -0.496 e. The topological polar surface area (TPSA) is 57.2 Å². The molecule has 0 radical (unpaired) electrons. The molecule has 0 aliphatic rings. The molecule has 3 rings (SSSR count). The molecule has 4 heteroatoms. The number of nitrogens with zero attached hydrogens (tertiary/aromatic N) is 1. The molecular formula is C17H16N2O2. The summed E-state index contributed by atoms with van der Waals surface area (Å²) in [4.78, 5) is 11.7. The minimum absolute atomic E-state index is 0.430. The summed E-state index contributed by atoms with van der Waals surface area (Å²) in [7, 11) is 1.64. The van der Waals surface area contributed by atoms with Gasteiger partial charge in [-0.1, -0.05) is 36.4 Å². The molecule has 1 heterocycles. The number of hydrogen-bond acceptors (Lipinski definition) is 2. The number of primary amides is 1. The Bertz CT molecular complexity index is 805. The second kappa shape index (κ2) is 5.32. The molecule has 0 spiro atoms. The van der Waals surface area contributed by atoms with Crippen LogP contribution in [-0.2, 0) is 6.54 Å². The SMILES string of the molecule is COc1ccccc1Cn1c(C(N)=O)cc2ccccc21. The molecule has 3 aromatic rings. The van der Waals surface area contributed by atoms with E-state index in [0.717, 1.165) is 22.2 Å². The minimum atomic E-state index is -0.430. The third-order valence-electron chi connectivity index (χ3n) is 3.58. The Morgan fingerprint density at radius 1 is 1.14 bits per heavy atom. The number of carbonyl (C=O) groups is 1. The van der Waals surface area contributed by atoms with Crippen molar-refractivity contribution in [2.45, 2.75) is 6.54 Å². The van der Waals surface area contributed by atoms with Crippen molar-refractivity contribution in [2.75, 3.05) is 7.11 Å². The lowest BCUT2D eigenvalue weighted by Gasteiger charge is -2.12. The van der Waals surface area contributed by atoms with Crippen LogP contribution in [0, 0.1) is 0 Å². The zero-order chi connectivity index (χ0) is 14.8. The predicted molar refractivity (Wildman–Crippen MR) is 82.6 cm³/mol. The van der Waals surface area contributed by atoms with Gasteiger partial charge in [0.1, 0.15) is 11.4 Å². The normalized spacial score (nSPS) is 10.7. The molecule has 0 unspecified atom stereocenters. The number of nitrogens with two attached hydrogens (primary N) is 1. The van der Waals surface area contributed by atoms with Gasteiger partial charge in [-0.25, -0.2) is 0 Å². The summed E-state index contributed by atoms with van der Waals surface area (Å²) in [6.07, 6.45) is 0. The second-order valence-electron chi connectivity index (χ2n) is 4.85. The van der Waals surface area contributed by atoms with Crippen molar-refractivity contribution in [1.29, 1.82) is 0 Å². The molecule has 0 saturated carbocycles. The van der Waals surface area contributed by atoms with E-state index in [1.54, 1.807) is 7.11 Å². The molecule has 4 nitrogen and oxygen atoms in total. The highest BCUT2D eigenvalue weighted by atomic mass is 16.5. The van der Waals surface area contributed by atoms with Crippen LogP contribution in [0.4, 0.5) is 0 Å². The first kappa shape index (κ1) is 13.2. The third-order valence-corrected chi connectivity index (χ3v) is 3.58. The van der Waals surface area contributed by atoms with Crippen molar-refractivity contribution in [3.05, 3.63) is 65.9 Å². The van der Waals surface area contributed by atoms with E-state index < -0.39 is 5.91 Å². The fourth-order valence-electron chi connectivity index (χ4n) is 2.59. The number of amides is 1. The van der Waals surface area contributed by atoms with E-state index in [-0.39, 0.29) is 0 Å².